The van der Waals surface area contributed by atoms with Gasteiger partial charge < -0.3 is 10.5 Å². The van der Waals surface area contributed by atoms with Gasteiger partial charge in [0.25, 0.3) is 0 Å². The summed E-state index contributed by atoms with van der Waals surface area (Å²) in [6.45, 7) is 1.72. The number of nitrogens with two attached hydrogens (primary N) is 1. The number of benzene rings is 1. The average Bonchev–Trinajstić information content (AvgIpc) is 2.42. The molecule has 8 heteroatoms. The summed E-state index contributed by atoms with van der Waals surface area (Å²) in [4.78, 5) is 14.4. The molecule has 0 aliphatic heterocycles. The number of hydrogen-bond acceptors (Lipinski definition) is 5. The van der Waals surface area contributed by atoms with E-state index in [0.717, 1.165) is 12.1 Å². The Labute approximate surface area is 128 Å². The van der Waals surface area contributed by atoms with Crippen LogP contribution in [0.2, 0.25) is 0 Å². The van der Waals surface area contributed by atoms with Gasteiger partial charge in [-0.25, -0.2) is 9.37 Å². The zero-order valence-corrected chi connectivity index (χ0v) is 12.5. The van der Waals surface area contributed by atoms with E-state index in [0.29, 0.717) is 5.56 Å². The van der Waals surface area contributed by atoms with Crippen LogP contribution in [0.1, 0.15) is 18.5 Å². The molecule has 0 aliphatic carbocycles. The first kappa shape index (κ1) is 15.3. The van der Waals surface area contributed by atoms with Crippen LogP contribution in [-0.2, 0) is 0 Å². The summed E-state index contributed by atoms with van der Waals surface area (Å²) in [5, 5.41) is 11.0. The summed E-state index contributed by atoms with van der Waals surface area (Å²) >= 11 is 2.90. The Morgan fingerprint density at radius 2 is 2.24 bits per heavy atom. The molecular weight excluding hydrogens is 345 g/mol. The smallest absolute Gasteiger partial charge is 0.312 e. The third kappa shape index (κ3) is 3.34. The molecule has 110 valence electrons. The molecule has 1 heterocycles. The van der Waals surface area contributed by atoms with Crippen molar-refractivity contribution in [3.8, 4) is 11.6 Å². The summed E-state index contributed by atoms with van der Waals surface area (Å²) in [7, 11) is 0. The predicted molar refractivity (Wildman–Crippen MR) is 77.7 cm³/mol. The van der Waals surface area contributed by atoms with Gasteiger partial charge in [-0.2, -0.15) is 0 Å². The highest BCUT2D eigenvalue weighted by Crippen LogP contribution is 2.36. The van der Waals surface area contributed by atoms with E-state index in [4.69, 9.17) is 10.5 Å². The van der Waals surface area contributed by atoms with Crippen molar-refractivity contribution < 1.29 is 14.1 Å². The molecule has 1 atom stereocenters. The molecule has 2 rings (SSSR count). The lowest BCUT2D eigenvalue weighted by atomic mass is 10.1. The predicted octanol–water partition coefficient (Wildman–Crippen LogP) is 3.70. The molecule has 0 bridgehead atoms. The average molecular weight is 356 g/mol. The van der Waals surface area contributed by atoms with E-state index in [9.17, 15) is 14.5 Å². The second kappa shape index (κ2) is 6.15. The number of hydrogen-bond donors (Lipinski definition) is 1. The number of rotatable bonds is 4. The first-order valence-electron chi connectivity index (χ1n) is 5.92. The number of nitro benzene ring substituents is 1. The van der Waals surface area contributed by atoms with Gasteiger partial charge in [0.2, 0.25) is 11.6 Å². The zero-order chi connectivity index (χ0) is 15.6. The van der Waals surface area contributed by atoms with Crippen molar-refractivity contribution >= 4 is 21.6 Å². The van der Waals surface area contributed by atoms with Gasteiger partial charge in [-0.05, 0) is 28.9 Å². The molecule has 1 aromatic carbocycles. The molecular formula is C13H11BrFN3O3. The molecule has 21 heavy (non-hydrogen) atoms. The third-order valence-electron chi connectivity index (χ3n) is 2.70. The quantitative estimate of drug-likeness (QED) is 0.666. The Kier molecular flexibility index (Phi) is 4.49. The van der Waals surface area contributed by atoms with Crippen LogP contribution in [-0.4, -0.2) is 9.91 Å². The monoisotopic (exact) mass is 355 g/mol. The number of ether oxygens (including phenoxy) is 1. The summed E-state index contributed by atoms with van der Waals surface area (Å²) in [5.74, 6) is -0.799. The van der Waals surface area contributed by atoms with E-state index >= 15 is 0 Å². The fourth-order valence-electron chi connectivity index (χ4n) is 1.68. The van der Waals surface area contributed by atoms with Gasteiger partial charge in [0.05, 0.1) is 9.40 Å². The molecule has 1 unspecified atom stereocenters. The van der Waals surface area contributed by atoms with Crippen molar-refractivity contribution in [2.75, 3.05) is 0 Å². The van der Waals surface area contributed by atoms with Crippen molar-refractivity contribution in [3.05, 3.63) is 56.4 Å². The SMILES string of the molecule is CC(N)c1cccnc1Oc1cc(F)c(Br)cc1[N+](=O)[O-]. The van der Waals surface area contributed by atoms with Crippen molar-refractivity contribution in [2.45, 2.75) is 13.0 Å². The molecule has 0 spiro atoms. The Morgan fingerprint density at radius 3 is 2.86 bits per heavy atom. The lowest BCUT2D eigenvalue weighted by Gasteiger charge is -2.12. The van der Waals surface area contributed by atoms with Gasteiger partial charge in [-0.3, -0.25) is 10.1 Å². The van der Waals surface area contributed by atoms with Gasteiger partial charge in [-0.1, -0.05) is 6.07 Å². The second-order valence-corrected chi connectivity index (χ2v) is 5.13. The number of aromatic nitrogens is 1. The number of nitrogens with zero attached hydrogens (tertiary/aromatic N) is 2. The molecule has 0 saturated carbocycles. The maximum Gasteiger partial charge on any atom is 0.312 e. The number of nitro groups is 1. The molecule has 2 N–H and O–H groups in total. The van der Waals surface area contributed by atoms with E-state index < -0.39 is 10.7 Å². The van der Waals surface area contributed by atoms with Gasteiger partial charge in [0, 0.05) is 29.9 Å². The maximum atomic E-state index is 13.6. The minimum Gasteiger partial charge on any atom is -0.431 e. The van der Waals surface area contributed by atoms with Crippen LogP contribution in [0.25, 0.3) is 0 Å². The summed E-state index contributed by atoms with van der Waals surface area (Å²) in [6.07, 6.45) is 1.46. The Morgan fingerprint density at radius 1 is 1.52 bits per heavy atom. The van der Waals surface area contributed by atoms with Crippen molar-refractivity contribution in [1.82, 2.24) is 4.98 Å². The van der Waals surface area contributed by atoms with Gasteiger partial charge in [0.15, 0.2) is 0 Å². The Bertz CT molecular complexity index is 694. The van der Waals surface area contributed by atoms with Crippen LogP contribution < -0.4 is 10.5 Å². The fraction of sp³-hybridized carbons (Fsp3) is 0.154. The third-order valence-corrected chi connectivity index (χ3v) is 3.30. The van der Waals surface area contributed by atoms with Crippen molar-refractivity contribution in [3.63, 3.8) is 0 Å². The van der Waals surface area contributed by atoms with Crippen LogP contribution in [0, 0.1) is 15.9 Å². The van der Waals surface area contributed by atoms with Crippen molar-refractivity contribution in [1.29, 1.82) is 0 Å². The highest BCUT2D eigenvalue weighted by atomic mass is 79.9. The van der Waals surface area contributed by atoms with E-state index in [1.165, 1.54) is 6.20 Å². The van der Waals surface area contributed by atoms with Crippen LogP contribution in [0.5, 0.6) is 11.6 Å². The maximum absolute atomic E-state index is 13.6. The Balaban J connectivity index is 2.49. The molecule has 2 aromatic rings. The normalized spacial score (nSPS) is 12.0. The first-order chi connectivity index (χ1) is 9.90. The molecule has 1 aromatic heterocycles. The molecule has 0 amide bonds. The minimum atomic E-state index is -0.672. The number of halogens is 2. The zero-order valence-electron chi connectivity index (χ0n) is 10.9. The first-order valence-corrected chi connectivity index (χ1v) is 6.71. The lowest BCUT2D eigenvalue weighted by Crippen LogP contribution is -2.08. The number of pyridine rings is 1. The van der Waals surface area contributed by atoms with Gasteiger partial charge >= 0.3 is 5.69 Å². The van der Waals surface area contributed by atoms with Crippen LogP contribution in [0.4, 0.5) is 10.1 Å². The molecule has 0 saturated heterocycles. The molecule has 6 nitrogen and oxygen atoms in total. The lowest BCUT2D eigenvalue weighted by molar-refractivity contribution is -0.385. The van der Waals surface area contributed by atoms with E-state index in [2.05, 4.69) is 20.9 Å². The fourth-order valence-corrected chi connectivity index (χ4v) is 2.01. The molecule has 0 aliphatic rings. The summed E-state index contributed by atoms with van der Waals surface area (Å²) < 4.78 is 19.0. The van der Waals surface area contributed by atoms with E-state index in [1.807, 2.05) is 0 Å². The van der Waals surface area contributed by atoms with Crippen LogP contribution in [0.15, 0.2) is 34.9 Å². The molecule has 0 fully saturated rings. The standard InChI is InChI=1S/C13H11BrFN3O3/c1-7(16)8-3-2-4-17-13(8)21-12-6-10(15)9(14)5-11(12)18(19)20/h2-7H,16H2,1H3. The summed E-state index contributed by atoms with van der Waals surface area (Å²) in [5.41, 5.74) is 5.98. The topological polar surface area (TPSA) is 91.3 Å². The molecule has 0 radical (unpaired) electrons. The summed E-state index contributed by atoms with van der Waals surface area (Å²) in [6, 6.07) is 4.95. The van der Waals surface area contributed by atoms with E-state index in [1.54, 1.807) is 19.1 Å². The Hall–Kier alpha value is -2.06. The van der Waals surface area contributed by atoms with Gasteiger partial charge in [0.1, 0.15) is 5.82 Å². The second-order valence-electron chi connectivity index (χ2n) is 4.28. The van der Waals surface area contributed by atoms with E-state index in [-0.39, 0.29) is 27.8 Å². The van der Waals surface area contributed by atoms with Crippen LogP contribution in [0.3, 0.4) is 0 Å². The van der Waals surface area contributed by atoms with Gasteiger partial charge in [-0.15, -0.1) is 0 Å². The largest absolute Gasteiger partial charge is 0.431 e. The highest BCUT2D eigenvalue weighted by Gasteiger charge is 2.21. The minimum absolute atomic E-state index is 0.0185. The van der Waals surface area contributed by atoms with Crippen molar-refractivity contribution in [2.24, 2.45) is 5.73 Å². The van der Waals surface area contributed by atoms with Crippen LogP contribution >= 0.6 is 15.9 Å². The highest BCUT2D eigenvalue weighted by molar-refractivity contribution is 9.10.